The lowest BCUT2D eigenvalue weighted by Crippen LogP contribution is -2.42. The number of rotatable bonds is 10. The van der Waals surface area contributed by atoms with Gasteiger partial charge in [-0.1, -0.05) is 47.0 Å². The summed E-state index contributed by atoms with van der Waals surface area (Å²) < 4.78 is 5.47. The minimum absolute atomic E-state index is 0.223. The van der Waals surface area contributed by atoms with E-state index in [0.29, 0.717) is 19.2 Å². The molecule has 0 rings (SSSR count). The zero-order valence-electron chi connectivity index (χ0n) is 13.0. The highest BCUT2D eigenvalue weighted by molar-refractivity contribution is 4.77. The maximum Gasteiger partial charge on any atom is 0.0897 e. The Balaban J connectivity index is 3.46. The molecule has 0 radical (unpaired) electrons. The van der Waals surface area contributed by atoms with E-state index in [4.69, 9.17) is 4.74 Å². The van der Waals surface area contributed by atoms with Crippen LogP contribution in [0.15, 0.2) is 0 Å². The van der Waals surface area contributed by atoms with Crippen LogP contribution in [-0.2, 0) is 4.74 Å². The van der Waals surface area contributed by atoms with Gasteiger partial charge in [0.05, 0.1) is 12.7 Å². The summed E-state index contributed by atoms with van der Waals surface area (Å²) in [5.41, 5.74) is 0.223. The Morgan fingerprint density at radius 2 is 1.83 bits per heavy atom. The maximum atomic E-state index is 9.78. The molecule has 110 valence electrons. The number of hydrogen-bond acceptors (Lipinski definition) is 3. The minimum Gasteiger partial charge on any atom is -0.389 e. The Kier molecular flexibility index (Phi) is 9.70. The van der Waals surface area contributed by atoms with Crippen molar-refractivity contribution in [2.24, 2.45) is 5.41 Å². The third-order valence-electron chi connectivity index (χ3n) is 3.41. The second kappa shape index (κ2) is 9.76. The molecule has 0 saturated carbocycles. The van der Waals surface area contributed by atoms with Crippen LogP contribution in [0.4, 0.5) is 0 Å². The molecule has 0 aromatic heterocycles. The molecule has 0 aromatic carbocycles. The summed E-state index contributed by atoms with van der Waals surface area (Å²) >= 11 is 0. The van der Waals surface area contributed by atoms with E-state index in [1.54, 1.807) is 0 Å². The molecule has 0 aliphatic carbocycles. The van der Waals surface area contributed by atoms with Crippen LogP contribution in [-0.4, -0.2) is 37.0 Å². The Hall–Kier alpha value is -0.120. The maximum absolute atomic E-state index is 9.78. The van der Waals surface area contributed by atoms with Gasteiger partial charge in [-0.15, -0.1) is 0 Å². The fourth-order valence-corrected chi connectivity index (χ4v) is 1.53. The van der Waals surface area contributed by atoms with Gasteiger partial charge in [0, 0.05) is 19.2 Å². The molecule has 0 saturated heterocycles. The van der Waals surface area contributed by atoms with Crippen LogP contribution >= 0.6 is 0 Å². The van der Waals surface area contributed by atoms with Gasteiger partial charge in [-0.3, -0.25) is 0 Å². The Bertz CT molecular complexity index is 189. The van der Waals surface area contributed by atoms with Crippen LogP contribution in [0.2, 0.25) is 0 Å². The van der Waals surface area contributed by atoms with Crippen LogP contribution in [0.25, 0.3) is 0 Å². The van der Waals surface area contributed by atoms with Crippen molar-refractivity contribution in [3.8, 4) is 0 Å². The third-order valence-corrected chi connectivity index (χ3v) is 3.41. The van der Waals surface area contributed by atoms with Crippen molar-refractivity contribution in [2.75, 3.05) is 19.8 Å². The molecule has 2 unspecified atom stereocenters. The largest absolute Gasteiger partial charge is 0.389 e. The van der Waals surface area contributed by atoms with Crippen LogP contribution in [0.1, 0.15) is 60.3 Å². The molecule has 0 amide bonds. The number of unbranched alkanes of at least 4 members (excludes halogenated alkanes) is 3. The summed E-state index contributed by atoms with van der Waals surface area (Å²) in [7, 11) is 0. The van der Waals surface area contributed by atoms with E-state index < -0.39 is 6.10 Å². The lowest BCUT2D eigenvalue weighted by molar-refractivity contribution is 0.0324. The van der Waals surface area contributed by atoms with E-state index in [0.717, 1.165) is 13.0 Å². The van der Waals surface area contributed by atoms with Gasteiger partial charge in [0.25, 0.3) is 0 Å². The van der Waals surface area contributed by atoms with Gasteiger partial charge in [0.15, 0.2) is 0 Å². The molecule has 0 aliphatic heterocycles. The molecule has 0 aliphatic rings. The number of aliphatic hydroxyl groups is 1. The molecule has 0 heterocycles. The first-order valence-electron chi connectivity index (χ1n) is 7.37. The molecule has 0 fully saturated rings. The van der Waals surface area contributed by atoms with E-state index in [-0.39, 0.29) is 5.41 Å². The van der Waals surface area contributed by atoms with Crippen molar-refractivity contribution in [2.45, 2.75) is 72.4 Å². The summed E-state index contributed by atoms with van der Waals surface area (Å²) in [6.45, 7) is 12.8. The number of nitrogens with one attached hydrogen (secondary N) is 1. The average Bonchev–Trinajstić information content (AvgIpc) is 2.29. The van der Waals surface area contributed by atoms with Crippen molar-refractivity contribution in [3.05, 3.63) is 0 Å². The molecule has 0 bridgehead atoms. The quantitative estimate of drug-likeness (QED) is 0.593. The molecule has 18 heavy (non-hydrogen) atoms. The predicted octanol–water partition coefficient (Wildman–Crippen LogP) is 2.97. The predicted molar refractivity (Wildman–Crippen MR) is 77.9 cm³/mol. The molecule has 3 heteroatoms. The van der Waals surface area contributed by atoms with Crippen LogP contribution in [0.5, 0.6) is 0 Å². The number of hydrogen-bond donors (Lipinski definition) is 2. The molecular weight excluding hydrogens is 226 g/mol. The zero-order valence-corrected chi connectivity index (χ0v) is 13.0. The second-order valence-corrected chi connectivity index (χ2v) is 6.29. The van der Waals surface area contributed by atoms with Gasteiger partial charge < -0.3 is 15.2 Å². The van der Waals surface area contributed by atoms with Gasteiger partial charge in [-0.2, -0.15) is 0 Å². The van der Waals surface area contributed by atoms with E-state index >= 15 is 0 Å². The smallest absolute Gasteiger partial charge is 0.0897 e. The van der Waals surface area contributed by atoms with E-state index in [1.165, 1.54) is 19.3 Å². The SMILES string of the molecule is CCCCCCOCC(O)CNC(C)C(C)(C)C. The fraction of sp³-hybridized carbons (Fsp3) is 1.00. The lowest BCUT2D eigenvalue weighted by atomic mass is 9.88. The molecule has 0 aromatic rings. The Morgan fingerprint density at radius 1 is 1.17 bits per heavy atom. The zero-order chi connectivity index (χ0) is 14.0. The highest BCUT2D eigenvalue weighted by atomic mass is 16.5. The third kappa shape index (κ3) is 9.86. The van der Waals surface area contributed by atoms with Crippen LogP contribution < -0.4 is 5.32 Å². The van der Waals surface area contributed by atoms with E-state index in [9.17, 15) is 5.11 Å². The van der Waals surface area contributed by atoms with Gasteiger partial charge in [0.1, 0.15) is 0 Å². The van der Waals surface area contributed by atoms with Gasteiger partial charge >= 0.3 is 0 Å². The van der Waals surface area contributed by atoms with Crippen molar-refractivity contribution < 1.29 is 9.84 Å². The summed E-state index contributed by atoms with van der Waals surface area (Å²) in [4.78, 5) is 0. The summed E-state index contributed by atoms with van der Waals surface area (Å²) in [5.74, 6) is 0. The summed E-state index contributed by atoms with van der Waals surface area (Å²) in [5, 5.41) is 13.1. The molecule has 3 nitrogen and oxygen atoms in total. The van der Waals surface area contributed by atoms with E-state index in [1.807, 2.05) is 0 Å². The molecule has 2 atom stereocenters. The van der Waals surface area contributed by atoms with Gasteiger partial charge in [-0.05, 0) is 18.8 Å². The van der Waals surface area contributed by atoms with Crippen LogP contribution in [0.3, 0.4) is 0 Å². The van der Waals surface area contributed by atoms with Crippen LogP contribution in [0, 0.1) is 5.41 Å². The monoisotopic (exact) mass is 259 g/mol. The van der Waals surface area contributed by atoms with Crippen molar-refractivity contribution >= 4 is 0 Å². The lowest BCUT2D eigenvalue weighted by Gasteiger charge is -2.29. The Morgan fingerprint density at radius 3 is 2.39 bits per heavy atom. The van der Waals surface area contributed by atoms with E-state index in [2.05, 4.69) is 39.9 Å². The Labute approximate surface area is 113 Å². The normalized spacial score (nSPS) is 15.7. The van der Waals surface area contributed by atoms with Gasteiger partial charge in [0.2, 0.25) is 0 Å². The molecule has 2 N–H and O–H groups in total. The van der Waals surface area contributed by atoms with Gasteiger partial charge in [-0.25, -0.2) is 0 Å². The molecule has 0 spiro atoms. The first-order chi connectivity index (χ1) is 8.38. The average molecular weight is 259 g/mol. The first-order valence-corrected chi connectivity index (χ1v) is 7.37. The second-order valence-electron chi connectivity index (χ2n) is 6.29. The summed E-state index contributed by atoms with van der Waals surface area (Å²) in [6, 6.07) is 0.386. The fourth-order valence-electron chi connectivity index (χ4n) is 1.53. The van der Waals surface area contributed by atoms with Crippen molar-refractivity contribution in [1.29, 1.82) is 0 Å². The highest BCUT2D eigenvalue weighted by Crippen LogP contribution is 2.18. The topological polar surface area (TPSA) is 41.5 Å². The standard InChI is InChI=1S/C15H33NO2/c1-6-7-8-9-10-18-12-14(17)11-16-13(2)15(3,4)5/h13-14,16-17H,6-12H2,1-5H3. The first kappa shape index (κ1) is 17.9. The molecular formula is C15H33NO2. The number of aliphatic hydroxyl groups excluding tert-OH is 1. The summed E-state index contributed by atoms with van der Waals surface area (Å²) in [6.07, 6.45) is 4.45. The highest BCUT2D eigenvalue weighted by Gasteiger charge is 2.20. The van der Waals surface area contributed by atoms with Crippen molar-refractivity contribution in [1.82, 2.24) is 5.32 Å². The van der Waals surface area contributed by atoms with Crippen molar-refractivity contribution in [3.63, 3.8) is 0 Å². The number of ether oxygens (including phenoxy) is 1. The minimum atomic E-state index is -0.402.